The van der Waals surface area contributed by atoms with Gasteiger partial charge in [-0.05, 0) is 36.9 Å². The highest BCUT2D eigenvalue weighted by Gasteiger charge is 2.11. The molecule has 1 atom stereocenters. The van der Waals surface area contributed by atoms with Crippen LogP contribution in [0.5, 0.6) is 0 Å². The van der Waals surface area contributed by atoms with E-state index < -0.39 is 0 Å². The summed E-state index contributed by atoms with van der Waals surface area (Å²) in [4.78, 5) is 10.4. The van der Waals surface area contributed by atoms with Crippen LogP contribution >= 0.6 is 11.6 Å². The summed E-state index contributed by atoms with van der Waals surface area (Å²) in [6.45, 7) is 0. The van der Waals surface area contributed by atoms with E-state index in [9.17, 15) is 4.79 Å². The normalized spacial score (nSPS) is 22.8. The molecule has 0 aliphatic carbocycles. The monoisotopic (exact) mass is 174 g/mol. The van der Waals surface area contributed by atoms with Gasteiger partial charge >= 0.3 is 0 Å². The van der Waals surface area contributed by atoms with Crippen LogP contribution in [-0.2, 0) is 9.53 Å². The Labute approximate surface area is 71.2 Å². The maximum atomic E-state index is 10.4. The van der Waals surface area contributed by atoms with Gasteiger partial charge in [0.05, 0.1) is 12.4 Å². The number of hydrogen-bond acceptors (Lipinski definition) is 2. The minimum atomic E-state index is -0.275. The minimum Gasteiger partial charge on any atom is -0.498 e. The molecule has 1 heterocycles. The number of allylic oxidation sites excluding steroid dienone is 1. The topological polar surface area (TPSA) is 26.3 Å². The van der Waals surface area contributed by atoms with Gasteiger partial charge in [0.2, 0.25) is 5.24 Å². The number of hydrogen-bond donors (Lipinski definition) is 0. The van der Waals surface area contributed by atoms with E-state index in [1.165, 1.54) is 0 Å². The number of carbonyl (C=O) groups excluding carboxylic acids is 1. The lowest BCUT2D eigenvalue weighted by molar-refractivity contribution is -0.112. The van der Waals surface area contributed by atoms with E-state index in [-0.39, 0.29) is 11.3 Å². The number of halogens is 1. The second kappa shape index (κ2) is 4.39. The molecular weight excluding hydrogens is 164 g/mol. The van der Waals surface area contributed by atoms with Crippen molar-refractivity contribution in [3.63, 3.8) is 0 Å². The molecule has 0 radical (unpaired) electrons. The molecule has 3 heteroatoms. The van der Waals surface area contributed by atoms with E-state index in [4.69, 9.17) is 16.3 Å². The van der Waals surface area contributed by atoms with Crippen LogP contribution in [0.15, 0.2) is 12.3 Å². The van der Waals surface area contributed by atoms with Gasteiger partial charge in [0.25, 0.3) is 0 Å². The van der Waals surface area contributed by atoms with Gasteiger partial charge in [0, 0.05) is 6.42 Å². The fraction of sp³-hybridized carbons (Fsp3) is 0.625. The molecular formula is C8H11ClO2. The van der Waals surface area contributed by atoms with Gasteiger partial charge in [-0.2, -0.15) is 0 Å². The molecule has 1 aliphatic heterocycles. The van der Waals surface area contributed by atoms with Crippen LogP contribution in [0.25, 0.3) is 0 Å². The van der Waals surface area contributed by atoms with Crippen molar-refractivity contribution in [2.75, 3.05) is 0 Å². The quantitative estimate of drug-likeness (QED) is 0.614. The molecule has 1 rings (SSSR count). The zero-order valence-corrected chi connectivity index (χ0v) is 7.01. The molecule has 0 amide bonds. The van der Waals surface area contributed by atoms with Crippen molar-refractivity contribution in [1.29, 1.82) is 0 Å². The van der Waals surface area contributed by atoms with Crippen molar-refractivity contribution in [3.05, 3.63) is 12.3 Å². The van der Waals surface area contributed by atoms with Gasteiger partial charge in [0.1, 0.15) is 0 Å². The van der Waals surface area contributed by atoms with Crippen LogP contribution in [0.3, 0.4) is 0 Å². The molecule has 62 valence electrons. The van der Waals surface area contributed by atoms with Crippen LogP contribution in [0, 0.1) is 0 Å². The molecule has 0 spiro atoms. The fourth-order valence-electron chi connectivity index (χ4n) is 1.07. The summed E-state index contributed by atoms with van der Waals surface area (Å²) in [5, 5.41) is -0.275. The van der Waals surface area contributed by atoms with Crippen molar-refractivity contribution in [2.45, 2.75) is 31.8 Å². The van der Waals surface area contributed by atoms with Crippen molar-refractivity contribution in [3.8, 4) is 0 Å². The smallest absolute Gasteiger partial charge is 0.221 e. The lowest BCUT2D eigenvalue weighted by Crippen LogP contribution is -2.13. The van der Waals surface area contributed by atoms with Crippen molar-refractivity contribution >= 4 is 16.8 Å². The Balaban J connectivity index is 2.16. The Hall–Kier alpha value is -0.500. The zero-order valence-electron chi connectivity index (χ0n) is 6.25. The highest BCUT2D eigenvalue weighted by atomic mass is 35.5. The van der Waals surface area contributed by atoms with E-state index in [0.717, 1.165) is 19.3 Å². The Morgan fingerprint density at radius 2 is 2.55 bits per heavy atom. The summed E-state index contributed by atoms with van der Waals surface area (Å²) in [6, 6.07) is 0. The zero-order chi connectivity index (χ0) is 8.10. The predicted octanol–water partition coefficient (Wildman–Crippen LogP) is 2.22. The predicted molar refractivity (Wildman–Crippen MR) is 43.3 cm³/mol. The van der Waals surface area contributed by atoms with E-state index in [1.54, 1.807) is 6.26 Å². The van der Waals surface area contributed by atoms with Crippen LogP contribution in [0.4, 0.5) is 0 Å². The molecule has 0 saturated carbocycles. The van der Waals surface area contributed by atoms with Crippen molar-refractivity contribution < 1.29 is 9.53 Å². The van der Waals surface area contributed by atoms with Crippen LogP contribution < -0.4 is 0 Å². The average Bonchev–Trinajstić information content (AvgIpc) is 2.03. The first-order valence-corrected chi connectivity index (χ1v) is 4.15. The van der Waals surface area contributed by atoms with Gasteiger partial charge in [0.15, 0.2) is 0 Å². The van der Waals surface area contributed by atoms with Gasteiger partial charge in [-0.25, -0.2) is 0 Å². The lowest BCUT2D eigenvalue weighted by atomic mass is 10.1. The second-order valence-corrected chi connectivity index (χ2v) is 3.02. The maximum Gasteiger partial charge on any atom is 0.221 e. The Bertz CT molecular complexity index is 165. The summed E-state index contributed by atoms with van der Waals surface area (Å²) in [6.07, 6.45) is 7.09. The SMILES string of the molecule is O=C(Cl)CCC1CCC=CO1. The molecule has 0 saturated heterocycles. The summed E-state index contributed by atoms with van der Waals surface area (Å²) >= 11 is 5.18. The fourth-order valence-corrected chi connectivity index (χ4v) is 1.18. The van der Waals surface area contributed by atoms with E-state index >= 15 is 0 Å². The highest BCUT2D eigenvalue weighted by Crippen LogP contribution is 2.15. The Kier molecular flexibility index (Phi) is 3.43. The molecule has 0 aromatic heterocycles. The van der Waals surface area contributed by atoms with E-state index in [2.05, 4.69) is 0 Å². The summed E-state index contributed by atoms with van der Waals surface area (Å²) in [7, 11) is 0. The molecule has 2 nitrogen and oxygen atoms in total. The average molecular weight is 175 g/mol. The highest BCUT2D eigenvalue weighted by molar-refractivity contribution is 6.63. The maximum absolute atomic E-state index is 10.4. The first-order valence-electron chi connectivity index (χ1n) is 3.78. The molecule has 0 fully saturated rings. The standard InChI is InChI=1S/C8H11ClO2/c9-8(10)5-4-7-3-1-2-6-11-7/h2,6-7H,1,3-5H2. The number of rotatable bonds is 3. The van der Waals surface area contributed by atoms with Crippen LogP contribution in [0.1, 0.15) is 25.7 Å². The minimum absolute atomic E-state index is 0.197. The molecule has 0 bridgehead atoms. The first-order chi connectivity index (χ1) is 5.29. The van der Waals surface area contributed by atoms with E-state index in [1.807, 2.05) is 6.08 Å². The summed E-state index contributed by atoms with van der Waals surface area (Å²) < 4.78 is 5.24. The van der Waals surface area contributed by atoms with Crippen LogP contribution in [-0.4, -0.2) is 11.3 Å². The van der Waals surface area contributed by atoms with E-state index in [0.29, 0.717) is 6.42 Å². The summed E-state index contributed by atoms with van der Waals surface area (Å²) in [5.74, 6) is 0. The van der Waals surface area contributed by atoms with Gasteiger partial charge in [-0.1, -0.05) is 0 Å². The second-order valence-electron chi connectivity index (χ2n) is 2.60. The largest absolute Gasteiger partial charge is 0.498 e. The molecule has 1 unspecified atom stereocenters. The van der Waals surface area contributed by atoms with Gasteiger partial charge in [-0.3, -0.25) is 4.79 Å². The number of carbonyl (C=O) groups is 1. The van der Waals surface area contributed by atoms with Crippen molar-refractivity contribution in [2.24, 2.45) is 0 Å². The lowest BCUT2D eigenvalue weighted by Gasteiger charge is -2.17. The Morgan fingerprint density at radius 1 is 1.73 bits per heavy atom. The third-order valence-corrected chi connectivity index (χ3v) is 1.87. The third kappa shape index (κ3) is 3.42. The Morgan fingerprint density at radius 3 is 3.09 bits per heavy atom. The van der Waals surface area contributed by atoms with Crippen molar-refractivity contribution in [1.82, 2.24) is 0 Å². The molecule has 0 aromatic rings. The number of ether oxygens (including phenoxy) is 1. The first kappa shape index (κ1) is 8.60. The molecule has 0 N–H and O–H groups in total. The van der Waals surface area contributed by atoms with Gasteiger partial charge < -0.3 is 4.74 Å². The molecule has 11 heavy (non-hydrogen) atoms. The molecule has 1 aliphatic rings. The van der Waals surface area contributed by atoms with Gasteiger partial charge in [-0.15, -0.1) is 0 Å². The van der Waals surface area contributed by atoms with Crippen LogP contribution in [0.2, 0.25) is 0 Å². The molecule has 0 aromatic carbocycles. The third-order valence-electron chi connectivity index (χ3n) is 1.69. The summed E-state index contributed by atoms with van der Waals surface area (Å²) in [5.41, 5.74) is 0.